The molecule has 0 aliphatic rings. The number of hydrogen-bond acceptors (Lipinski definition) is 5. The van der Waals surface area contributed by atoms with Gasteiger partial charge in [-0.25, -0.2) is 0 Å². The molecule has 0 spiro atoms. The van der Waals surface area contributed by atoms with E-state index in [0.717, 1.165) is 5.56 Å². The fourth-order valence-corrected chi connectivity index (χ4v) is 2.15. The predicted octanol–water partition coefficient (Wildman–Crippen LogP) is 1.87. The lowest BCUT2D eigenvalue weighted by molar-refractivity contribution is 0.179. The molecule has 8 heteroatoms. The second-order valence-electron chi connectivity index (χ2n) is 5.04. The van der Waals surface area contributed by atoms with Crippen LogP contribution in [0.3, 0.4) is 0 Å². The lowest BCUT2D eigenvalue weighted by atomic mass is 10.2. The molecule has 0 saturated heterocycles. The highest BCUT2D eigenvalue weighted by Gasteiger charge is 2.09. The Hall–Kier alpha value is -2.12. The first kappa shape index (κ1) is 17.2. The van der Waals surface area contributed by atoms with E-state index in [-0.39, 0.29) is 6.04 Å². The topological polar surface area (TPSA) is 98.6 Å². The predicted molar refractivity (Wildman–Crippen MR) is 89.4 cm³/mol. The van der Waals surface area contributed by atoms with E-state index in [0.29, 0.717) is 42.3 Å². The molecule has 0 amide bonds. The molecule has 0 bridgehead atoms. The van der Waals surface area contributed by atoms with Crippen LogP contribution in [-0.2, 0) is 11.2 Å². The number of nitrogens with two attached hydrogens (primary N) is 1. The zero-order valence-corrected chi connectivity index (χ0v) is 13.9. The number of rotatable bonds is 7. The number of guanidine groups is 1. The summed E-state index contributed by atoms with van der Waals surface area (Å²) in [6, 6.07) is 7.39. The zero-order valence-electron chi connectivity index (χ0n) is 13.1. The van der Waals surface area contributed by atoms with Gasteiger partial charge in [0.05, 0.1) is 13.2 Å². The van der Waals surface area contributed by atoms with Gasteiger partial charge < -0.3 is 20.3 Å². The summed E-state index contributed by atoms with van der Waals surface area (Å²) in [7, 11) is 1.64. The highest BCUT2D eigenvalue weighted by atomic mass is 35.5. The number of benzene rings is 1. The molecule has 1 atom stereocenters. The first-order chi connectivity index (χ1) is 11.1. The number of halogens is 1. The van der Waals surface area contributed by atoms with Gasteiger partial charge in [-0.15, -0.1) is 0 Å². The molecule has 1 aromatic heterocycles. The second-order valence-corrected chi connectivity index (χ2v) is 5.48. The number of aromatic nitrogens is 2. The number of nitrogens with zero attached hydrogens (tertiary/aromatic N) is 3. The normalized spacial score (nSPS) is 13.1. The average molecular weight is 338 g/mol. The van der Waals surface area contributed by atoms with Crippen molar-refractivity contribution in [3.05, 3.63) is 35.2 Å². The summed E-state index contributed by atoms with van der Waals surface area (Å²) in [4.78, 5) is 8.54. The van der Waals surface area contributed by atoms with Gasteiger partial charge in [0.2, 0.25) is 11.7 Å². The van der Waals surface area contributed by atoms with Crippen LogP contribution in [0.5, 0.6) is 0 Å². The maximum Gasteiger partial charge on any atom is 0.228 e. The minimum absolute atomic E-state index is 0.0987. The number of methoxy groups -OCH3 is 1. The van der Waals surface area contributed by atoms with Crippen molar-refractivity contribution in [3.8, 4) is 11.4 Å². The fourth-order valence-electron chi connectivity index (χ4n) is 1.96. The highest BCUT2D eigenvalue weighted by Crippen LogP contribution is 2.19. The number of aliphatic imine (C=N–C) groups is 1. The van der Waals surface area contributed by atoms with Gasteiger partial charge in [0.1, 0.15) is 0 Å². The minimum atomic E-state index is 0.0987. The standard InChI is InChI=1S/C15H20ClN5O2/c1-10(9-22-2)19-15(17)18-7-6-13-20-14(21-23-13)11-4-3-5-12(16)8-11/h3-5,8,10H,6-7,9H2,1-2H3,(H3,17,18,19). The molecule has 0 saturated carbocycles. The maximum atomic E-state index is 5.95. The van der Waals surface area contributed by atoms with Crippen LogP contribution in [0.4, 0.5) is 0 Å². The minimum Gasteiger partial charge on any atom is -0.383 e. The molecule has 0 fully saturated rings. The first-order valence-electron chi connectivity index (χ1n) is 7.22. The summed E-state index contributed by atoms with van der Waals surface area (Å²) in [5.74, 6) is 1.37. The van der Waals surface area contributed by atoms with Crippen LogP contribution < -0.4 is 11.1 Å². The molecule has 1 unspecified atom stereocenters. The molecule has 0 aliphatic heterocycles. The third kappa shape index (κ3) is 5.54. The Morgan fingerprint density at radius 2 is 2.35 bits per heavy atom. The number of hydrogen-bond donors (Lipinski definition) is 2. The zero-order chi connectivity index (χ0) is 16.7. The third-order valence-electron chi connectivity index (χ3n) is 2.97. The summed E-state index contributed by atoms with van der Waals surface area (Å²) in [5.41, 5.74) is 6.59. The molecular formula is C15H20ClN5O2. The molecular weight excluding hydrogens is 318 g/mol. The van der Waals surface area contributed by atoms with Gasteiger partial charge in [-0.05, 0) is 19.1 Å². The van der Waals surface area contributed by atoms with Crippen LogP contribution in [0.15, 0.2) is 33.8 Å². The van der Waals surface area contributed by atoms with Crippen LogP contribution in [0.25, 0.3) is 11.4 Å². The second kappa shape index (κ2) is 8.50. The van der Waals surface area contributed by atoms with Gasteiger partial charge in [-0.3, -0.25) is 4.99 Å². The third-order valence-corrected chi connectivity index (χ3v) is 3.20. The van der Waals surface area contributed by atoms with Crippen LogP contribution in [0, 0.1) is 0 Å². The Morgan fingerprint density at radius 1 is 1.52 bits per heavy atom. The molecule has 0 radical (unpaired) electrons. The number of nitrogens with one attached hydrogen (secondary N) is 1. The van der Waals surface area contributed by atoms with Crippen molar-refractivity contribution in [3.63, 3.8) is 0 Å². The molecule has 0 aliphatic carbocycles. The van der Waals surface area contributed by atoms with E-state index in [1.165, 1.54) is 0 Å². The van der Waals surface area contributed by atoms with Gasteiger partial charge >= 0.3 is 0 Å². The summed E-state index contributed by atoms with van der Waals surface area (Å²) in [6.07, 6.45) is 0.509. The van der Waals surface area contributed by atoms with Crippen molar-refractivity contribution >= 4 is 17.6 Å². The molecule has 2 rings (SSSR count). The van der Waals surface area contributed by atoms with E-state index >= 15 is 0 Å². The molecule has 3 N–H and O–H groups in total. The smallest absolute Gasteiger partial charge is 0.228 e. The van der Waals surface area contributed by atoms with E-state index in [1.54, 1.807) is 19.2 Å². The Morgan fingerprint density at radius 3 is 3.09 bits per heavy atom. The summed E-state index contributed by atoms with van der Waals surface area (Å²) < 4.78 is 10.2. The lowest BCUT2D eigenvalue weighted by Gasteiger charge is -2.12. The molecule has 1 heterocycles. The van der Waals surface area contributed by atoms with E-state index < -0.39 is 0 Å². The highest BCUT2D eigenvalue weighted by molar-refractivity contribution is 6.30. The Kier molecular flexibility index (Phi) is 6.37. The van der Waals surface area contributed by atoms with Gasteiger partial charge in [0, 0.05) is 30.2 Å². The largest absolute Gasteiger partial charge is 0.383 e. The molecule has 124 valence electrons. The fraction of sp³-hybridized carbons (Fsp3) is 0.400. The maximum absolute atomic E-state index is 5.95. The van der Waals surface area contributed by atoms with Gasteiger partial charge in [-0.2, -0.15) is 4.98 Å². The van der Waals surface area contributed by atoms with Crippen molar-refractivity contribution in [2.45, 2.75) is 19.4 Å². The number of ether oxygens (including phenoxy) is 1. The van der Waals surface area contributed by atoms with Crippen molar-refractivity contribution < 1.29 is 9.26 Å². The van der Waals surface area contributed by atoms with Crippen LogP contribution >= 0.6 is 11.6 Å². The summed E-state index contributed by atoms with van der Waals surface area (Å²) >= 11 is 5.95. The Bertz CT molecular complexity index is 659. The van der Waals surface area contributed by atoms with E-state index in [4.69, 9.17) is 26.6 Å². The van der Waals surface area contributed by atoms with Gasteiger partial charge in [0.15, 0.2) is 5.96 Å². The SMILES string of the molecule is COCC(C)NC(N)=NCCc1nc(-c2cccc(Cl)c2)no1. The quantitative estimate of drug-likeness (QED) is 0.591. The summed E-state index contributed by atoms with van der Waals surface area (Å²) in [5, 5.41) is 7.59. The van der Waals surface area contributed by atoms with E-state index in [2.05, 4.69) is 20.4 Å². The van der Waals surface area contributed by atoms with Gasteiger partial charge in [-0.1, -0.05) is 28.9 Å². The van der Waals surface area contributed by atoms with Crippen LogP contribution in [0.2, 0.25) is 5.02 Å². The average Bonchev–Trinajstić information content (AvgIpc) is 2.96. The first-order valence-corrected chi connectivity index (χ1v) is 7.60. The van der Waals surface area contributed by atoms with Crippen LogP contribution in [-0.4, -0.2) is 42.4 Å². The monoisotopic (exact) mass is 337 g/mol. The Balaban J connectivity index is 1.87. The lowest BCUT2D eigenvalue weighted by Crippen LogP contribution is -2.40. The molecule has 7 nitrogen and oxygen atoms in total. The van der Waals surface area contributed by atoms with Gasteiger partial charge in [0.25, 0.3) is 0 Å². The van der Waals surface area contributed by atoms with E-state index in [1.807, 2.05) is 19.1 Å². The van der Waals surface area contributed by atoms with Crippen molar-refractivity contribution in [1.82, 2.24) is 15.5 Å². The Labute approximate surface area is 139 Å². The van der Waals surface area contributed by atoms with Crippen molar-refractivity contribution in [1.29, 1.82) is 0 Å². The molecule has 23 heavy (non-hydrogen) atoms. The van der Waals surface area contributed by atoms with Crippen molar-refractivity contribution in [2.24, 2.45) is 10.7 Å². The molecule has 2 aromatic rings. The summed E-state index contributed by atoms with van der Waals surface area (Å²) in [6.45, 7) is 2.97. The van der Waals surface area contributed by atoms with E-state index in [9.17, 15) is 0 Å². The van der Waals surface area contributed by atoms with Crippen LogP contribution in [0.1, 0.15) is 12.8 Å². The van der Waals surface area contributed by atoms with Crippen molar-refractivity contribution in [2.75, 3.05) is 20.3 Å². The molecule has 1 aromatic carbocycles.